The average Bonchev–Trinajstić information content (AvgIpc) is 2.67. The first kappa shape index (κ1) is 23.6. The Labute approximate surface area is 172 Å². The van der Waals surface area contributed by atoms with E-state index < -0.39 is 33.8 Å². The standard InChI is InChI=1S/C20H21F3N2O4S/c1-2-10-24-30(28,29)13-14-6-8-17(9-7-14)25-19(27)18(26)12-15-4-3-5-16(11-15)20(21,22)23/h2-9,11,18,24,26H,1,10,12-13H2,(H,25,27)/t18-/m1/s1. The Kier molecular flexibility index (Phi) is 7.77. The third kappa shape index (κ3) is 7.29. The highest BCUT2D eigenvalue weighted by Gasteiger charge is 2.30. The zero-order valence-electron chi connectivity index (χ0n) is 15.8. The molecule has 10 heteroatoms. The van der Waals surface area contributed by atoms with Crippen molar-refractivity contribution in [2.24, 2.45) is 0 Å². The summed E-state index contributed by atoms with van der Waals surface area (Å²) in [5, 5.41) is 12.5. The Morgan fingerprint density at radius 3 is 2.40 bits per heavy atom. The number of hydrogen-bond donors (Lipinski definition) is 3. The topological polar surface area (TPSA) is 95.5 Å². The first-order valence-corrected chi connectivity index (χ1v) is 10.5. The lowest BCUT2D eigenvalue weighted by Crippen LogP contribution is -2.29. The van der Waals surface area contributed by atoms with Gasteiger partial charge < -0.3 is 10.4 Å². The molecule has 0 saturated heterocycles. The summed E-state index contributed by atoms with van der Waals surface area (Å²) in [6.45, 7) is 3.54. The molecule has 1 atom stereocenters. The molecule has 1 amide bonds. The lowest BCUT2D eigenvalue weighted by molar-refractivity contribution is -0.137. The van der Waals surface area contributed by atoms with Crippen molar-refractivity contribution in [2.75, 3.05) is 11.9 Å². The highest BCUT2D eigenvalue weighted by atomic mass is 32.2. The van der Waals surface area contributed by atoms with Gasteiger partial charge in [0.1, 0.15) is 6.10 Å². The van der Waals surface area contributed by atoms with Gasteiger partial charge in [-0.3, -0.25) is 4.79 Å². The summed E-state index contributed by atoms with van der Waals surface area (Å²) < 4.78 is 64.3. The predicted molar refractivity (Wildman–Crippen MR) is 107 cm³/mol. The molecule has 2 rings (SSSR count). The second-order valence-electron chi connectivity index (χ2n) is 6.50. The molecule has 0 aliphatic rings. The molecular weight excluding hydrogens is 421 g/mol. The largest absolute Gasteiger partial charge is 0.416 e. The van der Waals surface area contributed by atoms with E-state index in [4.69, 9.17) is 0 Å². The number of amides is 1. The number of hydrogen-bond acceptors (Lipinski definition) is 4. The Morgan fingerprint density at radius 1 is 1.13 bits per heavy atom. The SMILES string of the molecule is C=CCNS(=O)(=O)Cc1ccc(NC(=O)[C@H](O)Cc2cccc(C(F)(F)F)c2)cc1. The monoisotopic (exact) mass is 442 g/mol. The van der Waals surface area contributed by atoms with E-state index in [-0.39, 0.29) is 24.3 Å². The number of carbonyl (C=O) groups excluding carboxylic acids is 1. The van der Waals surface area contributed by atoms with Crippen LogP contribution in [-0.2, 0) is 33.2 Å². The van der Waals surface area contributed by atoms with Gasteiger partial charge >= 0.3 is 6.18 Å². The Balaban J connectivity index is 1.96. The molecule has 3 N–H and O–H groups in total. The number of alkyl halides is 3. The highest BCUT2D eigenvalue weighted by Crippen LogP contribution is 2.29. The number of aliphatic hydroxyl groups is 1. The molecule has 2 aromatic rings. The van der Waals surface area contributed by atoms with Crippen LogP contribution in [0.1, 0.15) is 16.7 Å². The van der Waals surface area contributed by atoms with E-state index in [1.54, 1.807) is 0 Å². The Hall–Kier alpha value is -2.69. The molecule has 0 spiro atoms. The zero-order valence-corrected chi connectivity index (χ0v) is 16.6. The fraction of sp³-hybridized carbons (Fsp3) is 0.250. The minimum atomic E-state index is -4.51. The molecular formula is C20H21F3N2O4S. The van der Waals surface area contributed by atoms with Crippen LogP contribution in [-0.4, -0.2) is 32.1 Å². The maximum Gasteiger partial charge on any atom is 0.416 e. The third-order valence-corrected chi connectivity index (χ3v) is 5.33. The average molecular weight is 442 g/mol. The van der Waals surface area contributed by atoms with Gasteiger partial charge in [0.25, 0.3) is 5.91 Å². The third-order valence-electron chi connectivity index (χ3n) is 4.01. The molecule has 0 bridgehead atoms. The van der Waals surface area contributed by atoms with Crippen molar-refractivity contribution in [1.82, 2.24) is 4.72 Å². The summed E-state index contributed by atoms with van der Waals surface area (Å²) in [4.78, 5) is 12.1. The van der Waals surface area contributed by atoms with Gasteiger partial charge in [-0.05, 0) is 29.3 Å². The number of aliphatic hydroxyl groups excluding tert-OH is 1. The Morgan fingerprint density at radius 2 is 1.80 bits per heavy atom. The van der Waals surface area contributed by atoms with Gasteiger partial charge in [0.05, 0.1) is 11.3 Å². The van der Waals surface area contributed by atoms with Crippen LogP contribution in [0, 0.1) is 0 Å². The second-order valence-corrected chi connectivity index (χ2v) is 8.31. The number of benzene rings is 2. The van der Waals surface area contributed by atoms with Crippen LogP contribution in [0.4, 0.5) is 18.9 Å². The van der Waals surface area contributed by atoms with E-state index >= 15 is 0 Å². The van der Waals surface area contributed by atoms with Gasteiger partial charge in [0.2, 0.25) is 10.0 Å². The summed E-state index contributed by atoms with van der Waals surface area (Å²) in [5.74, 6) is -1.05. The molecule has 162 valence electrons. The summed E-state index contributed by atoms with van der Waals surface area (Å²) >= 11 is 0. The molecule has 0 unspecified atom stereocenters. The minimum absolute atomic E-state index is 0.111. The predicted octanol–water partition coefficient (Wildman–Crippen LogP) is 2.85. The molecule has 0 saturated carbocycles. The van der Waals surface area contributed by atoms with E-state index in [0.717, 1.165) is 12.1 Å². The molecule has 0 radical (unpaired) electrons. The van der Waals surface area contributed by atoms with E-state index in [0.29, 0.717) is 11.3 Å². The molecule has 0 heterocycles. The fourth-order valence-corrected chi connectivity index (χ4v) is 3.66. The second kappa shape index (κ2) is 9.88. The first-order chi connectivity index (χ1) is 14.0. The number of halogens is 3. The van der Waals surface area contributed by atoms with Crippen LogP contribution in [0.25, 0.3) is 0 Å². The van der Waals surface area contributed by atoms with Gasteiger partial charge in [-0.1, -0.05) is 36.4 Å². The molecule has 2 aromatic carbocycles. The lowest BCUT2D eigenvalue weighted by Gasteiger charge is -2.13. The number of anilines is 1. The van der Waals surface area contributed by atoms with Gasteiger partial charge in [-0.25, -0.2) is 13.1 Å². The van der Waals surface area contributed by atoms with Crippen molar-refractivity contribution in [1.29, 1.82) is 0 Å². The van der Waals surface area contributed by atoms with Gasteiger partial charge in [-0.2, -0.15) is 13.2 Å². The molecule has 6 nitrogen and oxygen atoms in total. The molecule has 0 fully saturated rings. The van der Waals surface area contributed by atoms with Gasteiger partial charge in [0.15, 0.2) is 0 Å². The minimum Gasteiger partial charge on any atom is -0.383 e. The smallest absolute Gasteiger partial charge is 0.383 e. The van der Waals surface area contributed by atoms with Crippen LogP contribution >= 0.6 is 0 Å². The van der Waals surface area contributed by atoms with Crippen LogP contribution < -0.4 is 10.0 Å². The molecule has 0 aromatic heterocycles. The Bertz CT molecular complexity index is 990. The van der Waals surface area contributed by atoms with E-state index in [9.17, 15) is 31.5 Å². The van der Waals surface area contributed by atoms with Gasteiger partial charge in [0, 0.05) is 18.7 Å². The van der Waals surface area contributed by atoms with Crippen molar-refractivity contribution < 1.29 is 31.5 Å². The molecule has 30 heavy (non-hydrogen) atoms. The van der Waals surface area contributed by atoms with Crippen LogP contribution in [0.5, 0.6) is 0 Å². The van der Waals surface area contributed by atoms with Crippen molar-refractivity contribution in [2.45, 2.75) is 24.5 Å². The maximum atomic E-state index is 12.8. The van der Waals surface area contributed by atoms with Gasteiger partial charge in [-0.15, -0.1) is 6.58 Å². The van der Waals surface area contributed by atoms with E-state index in [1.807, 2.05) is 0 Å². The van der Waals surface area contributed by atoms with Crippen molar-refractivity contribution in [3.63, 3.8) is 0 Å². The number of rotatable bonds is 9. The summed E-state index contributed by atoms with van der Waals surface area (Å²) in [6.07, 6.45) is -4.95. The van der Waals surface area contributed by atoms with Crippen LogP contribution in [0.15, 0.2) is 61.2 Å². The van der Waals surface area contributed by atoms with E-state index in [1.165, 1.54) is 42.5 Å². The van der Waals surface area contributed by atoms with Crippen LogP contribution in [0.2, 0.25) is 0 Å². The van der Waals surface area contributed by atoms with Crippen molar-refractivity contribution in [3.05, 3.63) is 77.9 Å². The normalized spacial score (nSPS) is 12.9. The number of sulfonamides is 1. The highest BCUT2D eigenvalue weighted by molar-refractivity contribution is 7.88. The van der Waals surface area contributed by atoms with Crippen LogP contribution in [0.3, 0.4) is 0 Å². The maximum absolute atomic E-state index is 12.8. The van der Waals surface area contributed by atoms with Crippen molar-refractivity contribution >= 4 is 21.6 Å². The van der Waals surface area contributed by atoms with E-state index in [2.05, 4.69) is 16.6 Å². The molecule has 0 aliphatic heterocycles. The zero-order chi connectivity index (χ0) is 22.4. The summed E-state index contributed by atoms with van der Waals surface area (Å²) in [5.41, 5.74) is 0.0955. The number of nitrogens with one attached hydrogen (secondary N) is 2. The summed E-state index contributed by atoms with van der Waals surface area (Å²) in [6, 6.07) is 10.3. The van der Waals surface area contributed by atoms with Crippen molar-refractivity contribution in [3.8, 4) is 0 Å². The fourth-order valence-electron chi connectivity index (χ4n) is 2.56. The first-order valence-electron chi connectivity index (χ1n) is 8.82. The lowest BCUT2D eigenvalue weighted by atomic mass is 10.0. The summed E-state index contributed by atoms with van der Waals surface area (Å²) in [7, 11) is -3.52. The number of carbonyl (C=O) groups is 1. The quantitative estimate of drug-likeness (QED) is 0.521. The molecule has 0 aliphatic carbocycles.